The maximum Gasteiger partial charge on any atom is 0.257 e. The number of carbonyl (C=O) groups is 2. The largest absolute Gasteiger partial charge is 0.378 e. The normalized spacial score (nSPS) is 17.1. The molecule has 31 heavy (non-hydrogen) atoms. The van der Waals surface area contributed by atoms with Crippen molar-refractivity contribution in [2.45, 2.75) is 38.5 Å². The maximum atomic E-state index is 12.6. The molecule has 1 aliphatic carbocycles. The SMILES string of the molecule is CN(CCc1noc(-c2ccc(C(=O)N3CCOCC3)cc2)n1)C(=O)CC1CCCC1. The average molecular weight is 427 g/mol. The third-order valence-electron chi connectivity index (χ3n) is 6.18. The summed E-state index contributed by atoms with van der Waals surface area (Å²) < 4.78 is 10.7. The quantitative estimate of drug-likeness (QED) is 0.676. The minimum absolute atomic E-state index is 0.00590. The van der Waals surface area contributed by atoms with Crippen LogP contribution in [-0.2, 0) is 16.0 Å². The van der Waals surface area contributed by atoms with Crippen LogP contribution in [0.25, 0.3) is 11.5 Å². The summed E-state index contributed by atoms with van der Waals surface area (Å²) in [6.07, 6.45) is 6.02. The molecular weight excluding hydrogens is 396 g/mol. The number of aromatic nitrogens is 2. The highest BCUT2D eigenvalue weighted by Crippen LogP contribution is 2.28. The summed E-state index contributed by atoms with van der Waals surface area (Å²) in [4.78, 5) is 32.9. The molecule has 1 saturated carbocycles. The zero-order chi connectivity index (χ0) is 21.6. The van der Waals surface area contributed by atoms with Crippen LogP contribution < -0.4 is 0 Å². The second-order valence-electron chi connectivity index (χ2n) is 8.42. The number of carbonyl (C=O) groups excluding carboxylic acids is 2. The van der Waals surface area contributed by atoms with Gasteiger partial charge < -0.3 is 19.1 Å². The van der Waals surface area contributed by atoms with Gasteiger partial charge in [0.15, 0.2) is 5.82 Å². The molecule has 0 radical (unpaired) electrons. The molecule has 1 aliphatic heterocycles. The first-order chi connectivity index (χ1) is 15.1. The Morgan fingerprint density at radius 3 is 2.55 bits per heavy atom. The van der Waals surface area contributed by atoms with Gasteiger partial charge in [-0.05, 0) is 43.0 Å². The van der Waals surface area contributed by atoms with Gasteiger partial charge in [0.05, 0.1) is 13.2 Å². The number of hydrogen-bond donors (Lipinski definition) is 0. The number of likely N-dealkylation sites (N-methyl/N-ethyl adjacent to an activating group) is 1. The van der Waals surface area contributed by atoms with E-state index in [2.05, 4.69) is 10.1 Å². The number of morpholine rings is 1. The van der Waals surface area contributed by atoms with Crippen LogP contribution in [0.15, 0.2) is 28.8 Å². The zero-order valence-corrected chi connectivity index (χ0v) is 18.1. The summed E-state index contributed by atoms with van der Waals surface area (Å²) in [7, 11) is 1.84. The van der Waals surface area contributed by atoms with Crippen molar-refractivity contribution >= 4 is 11.8 Å². The Morgan fingerprint density at radius 2 is 1.84 bits per heavy atom. The lowest BCUT2D eigenvalue weighted by Gasteiger charge is -2.26. The standard InChI is InChI=1S/C23H30N4O4/c1-26(21(28)16-17-4-2-3-5-17)11-10-20-24-22(31-25-20)18-6-8-19(9-7-18)23(29)27-12-14-30-15-13-27/h6-9,17H,2-5,10-16H2,1H3. The van der Waals surface area contributed by atoms with Crippen LogP contribution in [0.4, 0.5) is 0 Å². The topological polar surface area (TPSA) is 88.8 Å². The molecule has 8 heteroatoms. The van der Waals surface area contributed by atoms with Crippen LogP contribution in [-0.4, -0.2) is 71.7 Å². The van der Waals surface area contributed by atoms with Crippen molar-refractivity contribution in [2.24, 2.45) is 5.92 Å². The van der Waals surface area contributed by atoms with E-state index in [-0.39, 0.29) is 11.8 Å². The minimum Gasteiger partial charge on any atom is -0.378 e. The summed E-state index contributed by atoms with van der Waals surface area (Å²) >= 11 is 0. The first kappa shape index (κ1) is 21.5. The molecule has 4 rings (SSSR count). The van der Waals surface area contributed by atoms with E-state index in [1.165, 1.54) is 25.7 Å². The fourth-order valence-corrected chi connectivity index (χ4v) is 4.19. The second kappa shape index (κ2) is 10.0. The smallest absolute Gasteiger partial charge is 0.257 e. The van der Waals surface area contributed by atoms with Gasteiger partial charge in [-0.2, -0.15) is 4.98 Å². The van der Waals surface area contributed by atoms with Crippen LogP contribution in [0.2, 0.25) is 0 Å². The Labute approximate surface area is 182 Å². The first-order valence-electron chi connectivity index (χ1n) is 11.1. The van der Waals surface area contributed by atoms with Gasteiger partial charge in [0, 0.05) is 50.7 Å². The molecule has 2 aromatic rings. The monoisotopic (exact) mass is 426 g/mol. The number of benzene rings is 1. The minimum atomic E-state index is 0.00590. The number of nitrogens with zero attached hydrogens (tertiary/aromatic N) is 4. The van der Waals surface area contributed by atoms with Gasteiger partial charge in [-0.25, -0.2) is 0 Å². The molecule has 166 valence electrons. The molecule has 0 unspecified atom stereocenters. The molecule has 0 bridgehead atoms. The third kappa shape index (κ3) is 5.50. The predicted molar refractivity (Wildman–Crippen MR) is 114 cm³/mol. The van der Waals surface area contributed by atoms with Crippen LogP contribution in [0.5, 0.6) is 0 Å². The molecule has 0 atom stereocenters. The van der Waals surface area contributed by atoms with Gasteiger partial charge in [0.2, 0.25) is 5.91 Å². The Bertz CT molecular complexity index is 883. The first-order valence-corrected chi connectivity index (χ1v) is 11.1. The van der Waals surface area contributed by atoms with Gasteiger partial charge in [-0.1, -0.05) is 18.0 Å². The van der Waals surface area contributed by atoms with E-state index in [0.29, 0.717) is 68.9 Å². The van der Waals surface area contributed by atoms with Crippen LogP contribution in [0.3, 0.4) is 0 Å². The molecule has 0 N–H and O–H groups in total. The Balaban J connectivity index is 1.29. The fraction of sp³-hybridized carbons (Fsp3) is 0.565. The molecule has 1 aromatic carbocycles. The molecule has 1 saturated heterocycles. The van der Waals surface area contributed by atoms with Crippen molar-refractivity contribution in [2.75, 3.05) is 39.9 Å². The van der Waals surface area contributed by atoms with Crippen molar-refractivity contribution in [3.63, 3.8) is 0 Å². The van der Waals surface area contributed by atoms with Gasteiger partial charge in [0.1, 0.15) is 0 Å². The lowest BCUT2D eigenvalue weighted by molar-refractivity contribution is -0.130. The highest BCUT2D eigenvalue weighted by molar-refractivity contribution is 5.94. The summed E-state index contributed by atoms with van der Waals surface area (Å²) in [6.45, 7) is 2.96. The molecular formula is C23H30N4O4. The summed E-state index contributed by atoms with van der Waals surface area (Å²) in [5.74, 6) is 1.73. The van der Waals surface area contributed by atoms with Gasteiger partial charge >= 0.3 is 0 Å². The van der Waals surface area contributed by atoms with Crippen LogP contribution in [0.1, 0.15) is 48.3 Å². The second-order valence-corrected chi connectivity index (χ2v) is 8.42. The number of hydrogen-bond acceptors (Lipinski definition) is 6. The zero-order valence-electron chi connectivity index (χ0n) is 18.1. The fourth-order valence-electron chi connectivity index (χ4n) is 4.19. The highest BCUT2D eigenvalue weighted by Gasteiger charge is 2.21. The summed E-state index contributed by atoms with van der Waals surface area (Å²) in [5, 5.41) is 4.04. The average Bonchev–Trinajstić information content (AvgIpc) is 3.50. The number of ether oxygens (including phenoxy) is 1. The highest BCUT2D eigenvalue weighted by atomic mass is 16.5. The van der Waals surface area contributed by atoms with Gasteiger partial charge in [0.25, 0.3) is 11.8 Å². The Hall–Kier alpha value is -2.74. The van der Waals surface area contributed by atoms with Crippen molar-refractivity contribution in [3.05, 3.63) is 35.7 Å². The van der Waals surface area contributed by atoms with E-state index in [0.717, 1.165) is 5.56 Å². The molecule has 2 fully saturated rings. The Kier molecular flexibility index (Phi) is 6.96. The van der Waals surface area contributed by atoms with E-state index in [9.17, 15) is 9.59 Å². The van der Waals surface area contributed by atoms with E-state index in [4.69, 9.17) is 9.26 Å². The van der Waals surface area contributed by atoms with E-state index in [1.807, 2.05) is 19.2 Å². The third-order valence-corrected chi connectivity index (χ3v) is 6.18. The van der Waals surface area contributed by atoms with Crippen LogP contribution >= 0.6 is 0 Å². The lowest BCUT2D eigenvalue weighted by Crippen LogP contribution is -2.40. The van der Waals surface area contributed by atoms with E-state index >= 15 is 0 Å². The summed E-state index contributed by atoms with van der Waals surface area (Å²) in [6, 6.07) is 7.21. The van der Waals surface area contributed by atoms with E-state index in [1.54, 1.807) is 21.9 Å². The number of rotatable bonds is 7. The van der Waals surface area contributed by atoms with Crippen molar-refractivity contribution in [1.82, 2.24) is 19.9 Å². The van der Waals surface area contributed by atoms with Gasteiger partial charge in [-0.15, -0.1) is 0 Å². The molecule has 2 aliphatic rings. The van der Waals surface area contributed by atoms with Crippen LogP contribution in [0, 0.1) is 5.92 Å². The molecule has 2 amide bonds. The lowest BCUT2D eigenvalue weighted by atomic mass is 10.0. The Morgan fingerprint density at radius 1 is 1.13 bits per heavy atom. The molecule has 2 heterocycles. The van der Waals surface area contributed by atoms with Gasteiger partial charge in [-0.3, -0.25) is 9.59 Å². The predicted octanol–water partition coefficient (Wildman–Crippen LogP) is 2.79. The van der Waals surface area contributed by atoms with Crippen molar-refractivity contribution in [1.29, 1.82) is 0 Å². The molecule has 8 nitrogen and oxygen atoms in total. The number of amides is 2. The molecule has 0 spiro atoms. The molecule has 1 aromatic heterocycles. The van der Waals surface area contributed by atoms with Crippen molar-refractivity contribution < 1.29 is 18.8 Å². The van der Waals surface area contributed by atoms with Crippen molar-refractivity contribution in [3.8, 4) is 11.5 Å². The maximum absolute atomic E-state index is 12.6. The summed E-state index contributed by atoms with van der Waals surface area (Å²) in [5.41, 5.74) is 1.40. The van der Waals surface area contributed by atoms with E-state index < -0.39 is 0 Å².